The molecule has 0 fully saturated rings. The molecule has 0 amide bonds. The van der Waals surface area contributed by atoms with Gasteiger partial charge in [0.15, 0.2) is 0 Å². The molecule has 0 aliphatic rings. The van der Waals surface area contributed by atoms with Crippen LogP contribution in [0, 0.1) is 0 Å². The van der Waals surface area contributed by atoms with E-state index in [0.29, 0.717) is 0 Å². The van der Waals surface area contributed by atoms with E-state index in [-0.39, 0.29) is 0 Å². The Morgan fingerprint density at radius 2 is 1.62 bits per heavy atom. The summed E-state index contributed by atoms with van der Waals surface area (Å²) in [7, 11) is 0. The maximum atomic E-state index is 3.50. The Balaban J connectivity index is 2.16. The highest BCUT2D eigenvalue weighted by molar-refractivity contribution is 9.08. The predicted molar refractivity (Wildman–Crippen MR) is 76.2 cm³/mol. The number of hydrogen-bond acceptors (Lipinski definition) is 0. The van der Waals surface area contributed by atoms with Gasteiger partial charge in [0.25, 0.3) is 0 Å². The number of halogens is 1. The molecule has 0 saturated heterocycles. The van der Waals surface area contributed by atoms with E-state index in [1.807, 2.05) is 0 Å². The Bertz CT molecular complexity index is 281. The molecule has 0 aliphatic heterocycles. The molecule has 90 valence electrons. The van der Waals surface area contributed by atoms with E-state index in [1.165, 1.54) is 56.1 Å². The van der Waals surface area contributed by atoms with E-state index < -0.39 is 0 Å². The van der Waals surface area contributed by atoms with Gasteiger partial charge in [-0.1, -0.05) is 79.2 Å². The number of hydrogen-bond donors (Lipinski definition) is 0. The molecule has 0 saturated carbocycles. The Morgan fingerprint density at radius 3 is 2.38 bits per heavy atom. The van der Waals surface area contributed by atoms with Crippen LogP contribution in [-0.4, -0.2) is 0 Å². The van der Waals surface area contributed by atoms with Gasteiger partial charge in [0.2, 0.25) is 0 Å². The SMILES string of the molecule is CCCCCCCCc1cccc(CBr)c1. The zero-order valence-electron chi connectivity index (χ0n) is 10.3. The van der Waals surface area contributed by atoms with Crippen LogP contribution in [-0.2, 0) is 11.8 Å². The first kappa shape index (κ1) is 13.8. The molecule has 1 aromatic carbocycles. The first-order chi connectivity index (χ1) is 7.86. The fraction of sp³-hybridized carbons (Fsp3) is 0.600. The van der Waals surface area contributed by atoms with Gasteiger partial charge >= 0.3 is 0 Å². The van der Waals surface area contributed by atoms with Crippen molar-refractivity contribution in [3.63, 3.8) is 0 Å². The van der Waals surface area contributed by atoms with Crippen LogP contribution in [0.25, 0.3) is 0 Å². The summed E-state index contributed by atoms with van der Waals surface area (Å²) in [6, 6.07) is 8.92. The Morgan fingerprint density at radius 1 is 0.938 bits per heavy atom. The average molecular weight is 283 g/mol. The third-order valence-electron chi connectivity index (χ3n) is 2.96. The number of unbranched alkanes of at least 4 members (excludes halogenated alkanes) is 5. The summed E-state index contributed by atoms with van der Waals surface area (Å²) in [5, 5.41) is 0.970. The summed E-state index contributed by atoms with van der Waals surface area (Å²) in [5.74, 6) is 0. The highest BCUT2D eigenvalue weighted by Gasteiger charge is 1.96. The summed E-state index contributed by atoms with van der Waals surface area (Å²) in [5.41, 5.74) is 2.89. The molecule has 0 N–H and O–H groups in total. The Kier molecular flexibility index (Phi) is 7.58. The molecule has 16 heavy (non-hydrogen) atoms. The van der Waals surface area contributed by atoms with Crippen LogP contribution in [0.4, 0.5) is 0 Å². The lowest BCUT2D eigenvalue weighted by Crippen LogP contribution is -1.88. The van der Waals surface area contributed by atoms with Gasteiger partial charge in [-0.3, -0.25) is 0 Å². The van der Waals surface area contributed by atoms with Gasteiger partial charge in [0.1, 0.15) is 0 Å². The third-order valence-corrected chi connectivity index (χ3v) is 3.61. The number of aryl methyl sites for hydroxylation is 1. The lowest BCUT2D eigenvalue weighted by atomic mass is 10.0. The van der Waals surface area contributed by atoms with Crippen LogP contribution in [0.1, 0.15) is 56.6 Å². The summed E-state index contributed by atoms with van der Waals surface area (Å²) >= 11 is 3.50. The van der Waals surface area contributed by atoms with E-state index in [4.69, 9.17) is 0 Å². The second kappa shape index (κ2) is 8.81. The van der Waals surface area contributed by atoms with Crippen molar-refractivity contribution < 1.29 is 0 Å². The zero-order valence-corrected chi connectivity index (χ0v) is 11.9. The second-order valence-corrected chi connectivity index (χ2v) is 5.03. The lowest BCUT2D eigenvalue weighted by Gasteiger charge is -2.03. The minimum absolute atomic E-state index is 0.970. The molecule has 0 nitrogen and oxygen atoms in total. The topological polar surface area (TPSA) is 0 Å². The molecule has 1 aromatic rings. The number of benzene rings is 1. The van der Waals surface area contributed by atoms with Gasteiger partial charge in [0, 0.05) is 5.33 Å². The predicted octanol–water partition coefficient (Wildman–Crippen LogP) is 5.48. The minimum atomic E-state index is 0.970. The van der Waals surface area contributed by atoms with Gasteiger partial charge in [-0.05, 0) is 24.0 Å². The molecule has 0 unspecified atom stereocenters. The molecule has 0 aromatic heterocycles. The molecular formula is C15H23Br. The monoisotopic (exact) mass is 282 g/mol. The van der Waals surface area contributed by atoms with Crippen molar-refractivity contribution in [1.29, 1.82) is 0 Å². The van der Waals surface area contributed by atoms with Crippen molar-refractivity contribution in [2.24, 2.45) is 0 Å². The molecule has 0 radical (unpaired) electrons. The van der Waals surface area contributed by atoms with Crippen LogP contribution < -0.4 is 0 Å². The zero-order chi connectivity index (χ0) is 11.6. The smallest absolute Gasteiger partial charge is 0.0283 e. The highest BCUT2D eigenvalue weighted by atomic mass is 79.9. The molecule has 0 heterocycles. The standard InChI is InChI=1S/C15H23Br/c1-2-3-4-5-6-7-9-14-10-8-11-15(12-14)13-16/h8,10-12H,2-7,9,13H2,1H3. The lowest BCUT2D eigenvalue weighted by molar-refractivity contribution is 0.607. The van der Waals surface area contributed by atoms with E-state index in [1.54, 1.807) is 0 Å². The van der Waals surface area contributed by atoms with E-state index >= 15 is 0 Å². The molecule has 0 spiro atoms. The van der Waals surface area contributed by atoms with E-state index in [2.05, 4.69) is 47.1 Å². The Labute approximate surface area is 109 Å². The van der Waals surface area contributed by atoms with E-state index in [9.17, 15) is 0 Å². The summed E-state index contributed by atoms with van der Waals surface area (Å²) in [4.78, 5) is 0. The van der Waals surface area contributed by atoms with Crippen molar-refractivity contribution in [1.82, 2.24) is 0 Å². The van der Waals surface area contributed by atoms with E-state index in [0.717, 1.165) is 5.33 Å². The molecule has 0 atom stereocenters. The molecule has 0 bridgehead atoms. The molecule has 0 aliphatic carbocycles. The van der Waals surface area contributed by atoms with Crippen LogP contribution in [0.15, 0.2) is 24.3 Å². The molecule has 1 rings (SSSR count). The summed E-state index contributed by atoms with van der Waals surface area (Å²) in [6.07, 6.45) is 9.54. The molecular weight excluding hydrogens is 260 g/mol. The summed E-state index contributed by atoms with van der Waals surface area (Å²) in [6.45, 7) is 2.27. The summed E-state index contributed by atoms with van der Waals surface area (Å²) < 4.78 is 0. The van der Waals surface area contributed by atoms with Crippen molar-refractivity contribution >= 4 is 15.9 Å². The fourth-order valence-corrected chi connectivity index (χ4v) is 2.33. The maximum absolute atomic E-state index is 3.50. The first-order valence-corrected chi connectivity index (χ1v) is 7.62. The van der Waals surface area contributed by atoms with Gasteiger partial charge in [0.05, 0.1) is 0 Å². The maximum Gasteiger partial charge on any atom is 0.0283 e. The second-order valence-electron chi connectivity index (χ2n) is 4.47. The van der Waals surface area contributed by atoms with Crippen LogP contribution in [0.2, 0.25) is 0 Å². The highest BCUT2D eigenvalue weighted by Crippen LogP contribution is 2.13. The van der Waals surface area contributed by atoms with Crippen LogP contribution in [0.3, 0.4) is 0 Å². The third kappa shape index (κ3) is 5.69. The van der Waals surface area contributed by atoms with Crippen molar-refractivity contribution in [2.75, 3.05) is 0 Å². The first-order valence-electron chi connectivity index (χ1n) is 6.50. The minimum Gasteiger partial charge on any atom is -0.0876 e. The number of alkyl halides is 1. The average Bonchev–Trinajstić information content (AvgIpc) is 2.34. The van der Waals surface area contributed by atoms with Crippen LogP contribution >= 0.6 is 15.9 Å². The number of rotatable bonds is 8. The van der Waals surface area contributed by atoms with Gasteiger partial charge in [-0.15, -0.1) is 0 Å². The normalized spacial score (nSPS) is 10.6. The van der Waals surface area contributed by atoms with Crippen LogP contribution in [0.5, 0.6) is 0 Å². The Hall–Kier alpha value is -0.300. The fourth-order valence-electron chi connectivity index (χ4n) is 1.98. The van der Waals surface area contributed by atoms with Gasteiger partial charge < -0.3 is 0 Å². The van der Waals surface area contributed by atoms with Gasteiger partial charge in [-0.2, -0.15) is 0 Å². The van der Waals surface area contributed by atoms with Crippen molar-refractivity contribution in [3.05, 3.63) is 35.4 Å². The largest absolute Gasteiger partial charge is 0.0876 e. The van der Waals surface area contributed by atoms with Crippen molar-refractivity contribution in [3.8, 4) is 0 Å². The van der Waals surface area contributed by atoms with Gasteiger partial charge in [-0.25, -0.2) is 0 Å². The quantitative estimate of drug-likeness (QED) is 0.437. The molecule has 1 heteroatoms. The van der Waals surface area contributed by atoms with Crippen molar-refractivity contribution in [2.45, 2.75) is 57.2 Å².